The molecule has 7 nitrogen and oxygen atoms in total. The number of hydrogen-bond acceptors (Lipinski definition) is 6. The lowest BCUT2D eigenvalue weighted by Crippen LogP contribution is -2.49. The molecule has 1 saturated heterocycles. The molecular weight excluding hydrogens is 336 g/mol. The molecule has 1 aromatic carbocycles. The van der Waals surface area contributed by atoms with Crippen LogP contribution in [-0.4, -0.2) is 62.3 Å². The van der Waals surface area contributed by atoms with Crippen molar-refractivity contribution in [3.05, 3.63) is 29.8 Å². The zero-order chi connectivity index (χ0) is 18.9. The lowest BCUT2D eigenvalue weighted by molar-refractivity contribution is -0.152. The van der Waals surface area contributed by atoms with E-state index in [9.17, 15) is 9.59 Å². The van der Waals surface area contributed by atoms with Gasteiger partial charge in [0.15, 0.2) is 0 Å². The SMILES string of the molecule is CCOC(=O)COC1CCN(C(=O)C(N)Cc2ccc(OC)cc2)CC1. The lowest BCUT2D eigenvalue weighted by atomic mass is 10.0. The van der Waals surface area contributed by atoms with Gasteiger partial charge in [-0.15, -0.1) is 0 Å². The highest BCUT2D eigenvalue weighted by Crippen LogP contribution is 2.16. The average Bonchev–Trinajstić information content (AvgIpc) is 2.67. The Hall–Kier alpha value is -2.12. The molecule has 144 valence electrons. The number of carbonyl (C=O) groups is 2. The van der Waals surface area contributed by atoms with Gasteiger partial charge in [0.25, 0.3) is 0 Å². The second-order valence-electron chi connectivity index (χ2n) is 6.30. The number of benzene rings is 1. The summed E-state index contributed by atoms with van der Waals surface area (Å²) in [6.07, 6.45) is 1.85. The van der Waals surface area contributed by atoms with Crippen LogP contribution >= 0.6 is 0 Å². The van der Waals surface area contributed by atoms with Crippen LogP contribution in [0.5, 0.6) is 5.75 Å². The van der Waals surface area contributed by atoms with Crippen molar-refractivity contribution in [1.29, 1.82) is 0 Å². The number of nitrogens with two attached hydrogens (primary N) is 1. The topological polar surface area (TPSA) is 91.1 Å². The predicted molar refractivity (Wildman–Crippen MR) is 96.9 cm³/mol. The average molecular weight is 364 g/mol. The maximum absolute atomic E-state index is 12.5. The Labute approximate surface area is 154 Å². The fourth-order valence-corrected chi connectivity index (χ4v) is 2.97. The summed E-state index contributed by atoms with van der Waals surface area (Å²) in [5, 5.41) is 0. The summed E-state index contributed by atoms with van der Waals surface area (Å²) in [6, 6.07) is 6.99. The van der Waals surface area contributed by atoms with E-state index in [0.29, 0.717) is 39.0 Å². The smallest absolute Gasteiger partial charge is 0.332 e. The van der Waals surface area contributed by atoms with Gasteiger partial charge in [-0.2, -0.15) is 0 Å². The summed E-state index contributed by atoms with van der Waals surface area (Å²) in [5.41, 5.74) is 7.10. The number of methoxy groups -OCH3 is 1. The number of esters is 1. The highest BCUT2D eigenvalue weighted by Gasteiger charge is 2.27. The van der Waals surface area contributed by atoms with Crippen LogP contribution in [-0.2, 0) is 25.5 Å². The normalized spacial score (nSPS) is 16.2. The van der Waals surface area contributed by atoms with E-state index in [1.807, 2.05) is 24.3 Å². The van der Waals surface area contributed by atoms with E-state index in [2.05, 4.69) is 0 Å². The van der Waals surface area contributed by atoms with Crippen molar-refractivity contribution >= 4 is 11.9 Å². The zero-order valence-corrected chi connectivity index (χ0v) is 15.5. The van der Waals surface area contributed by atoms with Gasteiger partial charge in [0.1, 0.15) is 12.4 Å². The maximum Gasteiger partial charge on any atom is 0.332 e. The van der Waals surface area contributed by atoms with Gasteiger partial charge < -0.3 is 24.8 Å². The number of piperidine rings is 1. The second-order valence-corrected chi connectivity index (χ2v) is 6.30. The van der Waals surface area contributed by atoms with E-state index < -0.39 is 6.04 Å². The van der Waals surface area contributed by atoms with E-state index in [-0.39, 0.29) is 24.6 Å². The van der Waals surface area contributed by atoms with E-state index in [4.69, 9.17) is 19.9 Å². The Bertz CT molecular complexity index is 582. The molecule has 1 fully saturated rings. The van der Waals surface area contributed by atoms with Crippen LogP contribution < -0.4 is 10.5 Å². The van der Waals surface area contributed by atoms with Gasteiger partial charge in [0.2, 0.25) is 5.91 Å². The Kier molecular flexibility index (Phi) is 7.87. The van der Waals surface area contributed by atoms with Crippen LogP contribution in [0, 0.1) is 0 Å². The molecule has 0 bridgehead atoms. The van der Waals surface area contributed by atoms with Crippen LogP contribution in [0.15, 0.2) is 24.3 Å². The van der Waals surface area contributed by atoms with Gasteiger partial charge in [-0.3, -0.25) is 4.79 Å². The molecule has 1 aliphatic heterocycles. The van der Waals surface area contributed by atoms with Gasteiger partial charge in [-0.1, -0.05) is 12.1 Å². The maximum atomic E-state index is 12.5. The Morgan fingerprint density at radius 2 is 1.88 bits per heavy atom. The highest BCUT2D eigenvalue weighted by molar-refractivity contribution is 5.82. The van der Waals surface area contributed by atoms with Crippen LogP contribution in [0.3, 0.4) is 0 Å². The summed E-state index contributed by atoms with van der Waals surface area (Å²) in [5.74, 6) is 0.371. The molecule has 7 heteroatoms. The summed E-state index contributed by atoms with van der Waals surface area (Å²) >= 11 is 0. The van der Waals surface area contributed by atoms with E-state index in [0.717, 1.165) is 11.3 Å². The molecule has 1 aromatic rings. The standard InChI is InChI=1S/C19H28N2O5/c1-3-25-18(22)13-26-16-8-10-21(11-9-16)19(23)17(20)12-14-4-6-15(24-2)7-5-14/h4-7,16-17H,3,8-13,20H2,1-2H3. The summed E-state index contributed by atoms with van der Waals surface area (Å²) in [7, 11) is 1.62. The molecule has 1 heterocycles. The van der Waals surface area contributed by atoms with Crippen molar-refractivity contribution in [3.8, 4) is 5.75 Å². The minimum Gasteiger partial charge on any atom is -0.497 e. The fourth-order valence-electron chi connectivity index (χ4n) is 2.97. The minimum atomic E-state index is -0.569. The molecule has 2 rings (SSSR count). The van der Waals surface area contributed by atoms with Gasteiger partial charge in [-0.25, -0.2) is 4.79 Å². The van der Waals surface area contributed by atoms with Gasteiger partial charge in [0, 0.05) is 13.1 Å². The molecule has 2 N–H and O–H groups in total. The molecule has 0 aliphatic carbocycles. The first-order chi connectivity index (χ1) is 12.5. The van der Waals surface area contributed by atoms with Crippen LogP contribution in [0.4, 0.5) is 0 Å². The summed E-state index contributed by atoms with van der Waals surface area (Å²) in [6.45, 7) is 3.24. The summed E-state index contributed by atoms with van der Waals surface area (Å²) < 4.78 is 15.5. The number of likely N-dealkylation sites (tertiary alicyclic amines) is 1. The number of nitrogens with zero attached hydrogens (tertiary/aromatic N) is 1. The molecular formula is C19H28N2O5. The Morgan fingerprint density at radius 1 is 1.23 bits per heavy atom. The molecule has 1 unspecified atom stereocenters. The van der Waals surface area contributed by atoms with Crippen LogP contribution in [0.2, 0.25) is 0 Å². The molecule has 0 spiro atoms. The first-order valence-corrected chi connectivity index (χ1v) is 8.98. The minimum absolute atomic E-state index is 0.0266. The number of hydrogen-bond donors (Lipinski definition) is 1. The highest BCUT2D eigenvalue weighted by atomic mass is 16.6. The molecule has 26 heavy (non-hydrogen) atoms. The zero-order valence-electron chi connectivity index (χ0n) is 15.5. The van der Waals surface area contributed by atoms with Crippen molar-refractivity contribution in [2.75, 3.05) is 33.4 Å². The van der Waals surface area contributed by atoms with Crippen molar-refractivity contribution in [2.24, 2.45) is 5.73 Å². The third-order valence-corrected chi connectivity index (χ3v) is 4.43. The lowest BCUT2D eigenvalue weighted by Gasteiger charge is -2.33. The summed E-state index contributed by atoms with van der Waals surface area (Å²) in [4.78, 5) is 25.6. The third-order valence-electron chi connectivity index (χ3n) is 4.43. The molecule has 0 aromatic heterocycles. The van der Waals surface area contributed by atoms with Crippen molar-refractivity contribution in [3.63, 3.8) is 0 Å². The van der Waals surface area contributed by atoms with E-state index in [1.54, 1.807) is 18.9 Å². The molecule has 0 saturated carbocycles. The van der Waals surface area contributed by atoms with Crippen molar-refractivity contribution in [1.82, 2.24) is 4.90 Å². The molecule has 1 amide bonds. The quantitative estimate of drug-likeness (QED) is 0.696. The Morgan fingerprint density at radius 3 is 2.46 bits per heavy atom. The molecule has 0 radical (unpaired) electrons. The van der Waals surface area contributed by atoms with Crippen molar-refractivity contribution < 1.29 is 23.8 Å². The number of amides is 1. The van der Waals surface area contributed by atoms with Crippen molar-refractivity contribution in [2.45, 2.75) is 38.3 Å². The first kappa shape index (κ1) is 20.2. The number of rotatable bonds is 8. The van der Waals surface area contributed by atoms with E-state index >= 15 is 0 Å². The number of carbonyl (C=O) groups excluding carboxylic acids is 2. The number of ether oxygens (including phenoxy) is 3. The van der Waals surface area contributed by atoms with E-state index in [1.165, 1.54) is 0 Å². The van der Waals surface area contributed by atoms with Gasteiger partial charge in [0.05, 0.1) is 25.9 Å². The van der Waals surface area contributed by atoms with Crippen LogP contribution in [0.1, 0.15) is 25.3 Å². The molecule has 1 aliphatic rings. The largest absolute Gasteiger partial charge is 0.497 e. The van der Waals surface area contributed by atoms with Crippen LogP contribution in [0.25, 0.3) is 0 Å². The van der Waals surface area contributed by atoms with Gasteiger partial charge in [-0.05, 0) is 43.9 Å². The Balaban J connectivity index is 1.75. The molecule has 1 atom stereocenters. The third kappa shape index (κ3) is 6.00. The second kappa shape index (κ2) is 10.1. The fraction of sp³-hybridized carbons (Fsp3) is 0.579. The van der Waals surface area contributed by atoms with Gasteiger partial charge >= 0.3 is 5.97 Å². The first-order valence-electron chi connectivity index (χ1n) is 8.98. The monoisotopic (exact) mass is 364 g/mol. The predicted octanol–water partition coefficient (Wildman–Crippen LogP) is 1.14.